The molecule has 1 rings (SSSR count). The predicted octanol–water partition coefficient (Wildman–Crippen LogP) is 2.20. The first kappa shape index (κ1) is 10.1. The molecular weight excluding hydrogens is 184 g/mol. The molecule has 0 aliphatic carbocycles. The van der Waals surface area contributed by atoms with Crippen LogP contribution in [0, 0.1) is 6.92 Å². The van der Waals surface area contributed by atoms with Crippen LogP contribution in [0.15, 0.2) is 18.2 Å². The third-order valence-corrected chi connectivity index (χ3v) is 2.15. The molecule has 0 heterocycles. The molecular formula is C10H13ClN2. The zero-order chi connectivity index (χ0) is 9.84. The van der Waals surface area contributed by atoms with Gasteiger partial charge in [0.05, 0.1) is 0 Å². The maximum absolute atomic E-state index is 5.97. The molecule has 3 heteroatoms. The molecule has 0 aromatic heterocycles. The smallest absolute Gasteiger partial charge is 0.0498 e. The third-order valence-electron chi connectivity index (χ3n) is 1.82. The van der Waals surface area contributed by atoms with Crippen LogP contribution in [-0.2, 0) is 0 Å². The number of nitrogens with two attached hydrogens (primary N) is 2. The first-order valence-corrected chi connectivity index (χ1v) is 4.45. The van der Waals surface area contributed by atoms with E-state index in [0.717, 1.165) is 16.8 Å². The number of benzene rings is 1. The lowest BCUT2D eigenvalue weighted by atomic mass is 10.1. The van der Waals surface area contributed by atoms with E-state index in [9.17, 15) is 0 Å². The quantitative estimate of drug-likeness (QED) is 0.713. The lowest BCUT2D eigenvalue weighted by molar-refractivity contribution is 1.26. The number of anilines is 1. The molecule has 0 aliphatic rings. The summed E-state index contributed by atoms with van der Waals surface area (Å²) in [6.07, 6.45) is 3.76. The molecule has 2 nitrogen and oxygen atoms in total. The van der Waals surface area contributed by atoms with Crippen LogP contribution in [0.2, 0.25) is 5.02 Å². The number of aryl methyl sites for hydroxylation is 1. The maximum Gasteiger partial charge on any atom is 0.0498 e. The lowest BCUT2D eigenvalue weighted by Crippen LogP contribution is -1.93. The fraction of sp³-hybridized carbons (Fsp3) is 0.200. The van der Waals surface area contributed by atoms with Crippen LogP contribution < -0.4 is 11.5 Å². The van der Waals surface area contributed by atoms with Crippen LogP contribution in [0.4, 0.5) is 5.69 Å². The molecule has 0 aliphatic heterocycles. The SMILES string of the molecule is Cc1cc(C=CCN)c(Cl)cc1N. The highest BCUT2D eigenvalue weighted by molar-refractivity contribution is 6.32. The maximum atomic E-state index is 5.97. The molecule has 0 atom stereocenters. The second kappa shape index (κ2) is 4.30. The van der Waals surface area contributed by atoms with Gasteiger partial charge in [-0.2, -0.15) is 0 Å². The second-order valence-electron chi connectivity index (χ2n) is 2.87. The van der Waals surface area contributed by atoms with Gasteiger partial charge in [0.15, 0.2) is 0 Å². The van der Waals surface area contributed by atoms with E-state index in [-0.39, 0.29) is 0 Å². The van der Waals surface area contributed by atoms with E-state index in [0.29, 0.717) is 11.6 Å². The number of hydrogen-bond acceptors (Lipinski definition) is 2. The van der Waals surface area contributed by atoms with Crippen LogP contribution in [0.1, 0.15) is 11.1 Å². The van der Waals surface area contributed by atoms with Gasteiger partial charge in [-0.25, -0.2) is 0 Å². The van der Waals surface area contributed by atoms with Gasteiger partial charge >= 0.3 is 0 Å². The minimum atomic E-state index is 0.514. The van der Waals surface area contributed by atoms with Crippen molar-refractivity contribution in [2.24, 2.45) is 5.73 Å². The molecule has 0 amide bonds. The van der Waals surface area contributed by atoms with Crippen LogP contribution in [0.25, 0.3) is 6.08 Å². The van der Waals surface area contributed by atoms with Gasteiger partial charge in [-0.1, -0.05) is 23.8 Å². The average molecular weight is 197 g/mol. The van der Waals surface area contributed by atoms with Crippen molar-refractivity contribution < 1.29 is 0 Å². The summed E-state index contributed by atoms with van der Waals surface area (Å²) in [5, 5.41) is 0.660. The van der Waals surface area contributed by atoms with Gasteiger partial charge in [-0.3, -0.25) is 0 Å². The zero-order valence-corrected chi connectivity index (χ0v) is 8.31. The fourth-order valence-electron chi connectivity index (χ4n) is 1.04. The van der Waals surface area contributed by atoms with Crippen molar-refractivity contribution in [1.82, 2.24) is 0 Å². The standard InChI is InChI=1S/C10H13ClN2/c1-7-5-8(3-2-4-12)9(11)6-10(7)13/h2-3,5-6H,4,12-13H2,1H3. The van der Waals surface area contributed by atoms with Crippen molar-refractivity contribution >= 4 is 23.4 Å². The number of nitrogen functional groups attached to an aromatic ring is 1. The summed E-state index contributed by atoms with van der Waals surface area (Å²) in [7, 11) is 0. The summed E-state index contributed by atoms with van der Waals surface area (Å²) in [5.74, 6) is 0. The fourth-order valence-corrected chi connectivity index (χ4v) is 1.28. The molecule has 0 saturated heterocycles. The summed E-state index contributed by atoms with van der Waals surface area (Å²) in [6, 6.07) is 3.71. The molecule has 1 aromatic rings. The number of halogens is 1. The Balaban J connectivity index is 3.08. The average Bonchev–Trinajstić information content (AvgIpc) is 2.09. The number of hydrogen-bond donors (Lipinski definition) is 2. The zero-order valence-electron chi connectivity index (χ0n) is 7.55. The summed E-state index contributed by atoms with van der Waals surface area (Å²) < 4.78 is 0. The van der Waals surface area contributed by atoms with Crippen LogP contribution in [0.3, 0.4) is 0 Å². The van der Waals surface area contributed by atoms with Gasteiger partial charge in [0.1, 0.15) is 0 Å². The van der Waals surface area contributed by atoms with Crippen molar-refractivity contribution in [1.29, 1.82) is 0 Å². The summed E-state index contributed by atoms with van der Waals surface area (Å²) >= 11 is 5.97. The van der Waals surface area contributed by atoms with Crippen LogP contribution in [0.5, 0.6) is 0 Å². The predicted molar refractivity (Wildman–Crippen MR) is 58.7 cm³/mol. The Bertz CT molecular complexity index is 332. The highest BCUT2D eigenvalue weighted by Gasteiger charge is 2.00. The highest BCUT2D eigenvalue weighted by Crippen LogP contribution is 2.23. The Morgan fingerprint density at radius 1 is 1.46 bits per heavy atom. The minimum absolute atomic E-state index is 0.514. The Hall–Kier alpha value is -0.990. The summed E-state index contributed by atoms with van der Waals surface area (Å²) in [6.45, 7) is 2.46. The van der Waals surface area contributed by atoms with Crippen LogP contribution in [-0.4, -0.2) is 6.54 Å². The van der Waals surface area contributed by atoms with Gasteiger partial charge in [0.25, 0.3) is 0 Å². The Morgan fingerprint density at radius 3 is 2.77 bits per heavy atom. The van der Waals surface area contributed by atoms with Crippen molar-refractivity contribution in [3.05, 3.63) is 34.4 Å². The molecule has 0 fully saturated rings. The van der Waals surface area contributed by atoms with Gasteiger partial charge in [-0.15, -0.1) is 0 Å². The number of rotatable bonds is 2. The van der Waals surface area contributed by atoms with Crippen molar-refractivity contribution in [3.8, 4) is 0 Å². The molecule has 4 N–H and O–H groups in total. The van der Waals surface area contributed by atoms with Crippen LogP contribution >= 0.6 is 11.6 Å². The van der Waals surface area contributed by atoms with E-state index in [1.807, 2.05) is 25.1 Å². The summed E-state index contributed by atoms with van der Waals surface area (Å²) in [4.78, 5) is 0. The molecule has 0 unspecified atom stereocenters. The van der Waals surface area contributed by atoms with E-state index in [2.05, 4.69) is 0 Å². The Labute approximate surface area is 83.2 Å². The molecule has 0 bridgehead atoms. The molecule has 0 radical (unpaired) electrons. The topological polar surface area (TPSA) is 52.0 Å². The minimum Gasteiger partial charge on any atom is -0.398 e. The van der Waals surface area contributed by atoms with E-state index >= 15 is 0 Å². The van der Waals surface area contributed by atoms with Crippen molar-refractivity contribution in [3.63, 3.8) is 0 Å². The van der Waals surface area contributed by atoms with Crippen molar-refractivity contribution in [2.75, 3.05) is 12.3 Å². The van der Waals surface area contributed by atoms with Gasteiger partial charge in [-0.05, 0) is 30.2 Å². The Morgan fingerprint density at radius 2 is 2.15 bits per heavy atom. The molecule has 13 heavy (non-hydrogen) atoms. The molecule has 1 aromatic carbocycles. The molecule has 0 spiro atoms. The summed E-state index contributed by atoms with van der Waals surface area (Å²) in [5.41, 5.74) is 13.7. The normalized spacial score (nSPS) is 11.0. The Kier molecular flexibility index (Phi) is 3.34. The van der Waals surface area contributed by atoms with E-state index in [1.165, 1.54) is 0 Å². The largest absolute Gasteiger partial charge is 0.398 e. The monoisotopic (exact) mass is 196 g/mol. The molecule has 0 saturated carbocycles. The first-order valence-electron chi connectivity index (χ1n) is 4.07. The van der Waals surface area contributed by atoms with E-state index < -0.39 is 0 Å². The first-order chi connectivity index (χ1) is 6.15. The van der Waals surface area contributed by atoms with Crippen molar-refractivity contribution in [2.45, 2.75) is 6.92 Å². The van der Waals surface area contributed by atoms with Gasteiger partial charge in [0, 0.05) is 17.3 Å². The van der Waals surface area contributed by atoms with Gasteiger partial charge < -0.3 is 11.5 Å². The van der Waals surface area contributed by atoms with E-state index in [1.54, 1.807) is 6.07 Å². The lowest BCUT2D eigenvalue weighted by Gasteiger charge is -2.03. The van der Waals surface area contributed by atoms with Gasteiger partial charge in [0.2, 0.25) is 0 Å². The second-order valence-corrected chi connectivity index (χ2v) is 3.28. The van der Waals surface area contributed by atoms with E-state index in [4.69, 9.17) is 23.1 Å². The highest BCUT2D eigenvalue weighted by atomic mass is 35.5. The molecule has 70 valence electrons. The third kappa shape index (κ3) is 2.47.